The number of allylic oxidation sites excluding steroid dienone is 2. The molecule has 136 valence electrons. The van der Waals surface area contributed by atoms with E-state index in [1.54, 1.807) is 6.92 Å². The molecule has 1 atom stereocenters. The number of carbonyl (C=O) groups is 1. The Balaban J connectivity index is 2.47. The number of nitrogens with zero attached hydrogens (tertiary/aromatic N) is 1. The van der Waals surface area contributed by atoms with Gasteiger partial charge in [0.25, 0.3) is 0 Å². The van der Waals surface area contributed by atoms with Gasteiger partial charge in [-0.3, -0.25) is 0 Å². The molecule has 0 saturated heterocycles. The summed E-state index contributed by atoms with van der Waals surface area (Å²) in [5.74, 6) is -0.320. The van der Waals surface area contributed by atoms with Crippen LogP contribution >= 0.6 is 12.2 Å². The Hall–Kier alpha value is -2.07. The minimum Gasteiger partial charge on any atom is -0.463 e. The minimum atomic E-state index is -0.370. The highest BCUT2D eigenvalue weighted by atomic mass is 32.1. The Morgan fingerprint density at radius 2 is 2.12 bits per heavy atom. The Morgan fingerprint density at radius 3 is 2.68 bits per heavy atom. The van der Waals surface area contributed by atoms with Crippen LogP contribution in [0.3, 0.4) is 0 Å². The summed E-state index contributed by atoms with van der Waals surface area (Å²) in [6.07, 6.45) is 5.50. The van der Waals surface area contributed by atoms with E-state index in [0.717, 1.165) is 31.4 Å². The van der Waals surface area contributed by atoms with Crippen molar-refractivity contribution in [2.75, 3.05) is 13.2 Å². The molecule has 1 aliphatic heterocycles. The molecule has 0 aromatic heterocycles. The standard InChI is InChI=1S/C18H26N4O2S/c1-3-24-17(23)16-14(10-21-18(20)25)22-11(2)13(9-19)15(16)12-7-5-4-6-8-12/h12,15,22H,3-8,10H2,1-2H3,(H3,20,21,25). The van der Waals surface area contributed by atoms with Gasteiger partial charge < -0.3 is 21.1 Å². The van der Waals surface area contributed by atoms with Gasteiger partial charge in [0.2, 0.25) is 0 Å². The smallest absolute Gasteiger partial charge is 0.336 e. The molecule has 1 aliphatic carbocycles. The van der Waals surface area contributed by atoms with E-state index in [9.17, 15) is 10.1 Å². The number of rotatable bonds is 5. The molecule has 1 heterocycles. The van der Waals surface area contributed by atoms with E-state index < -0.39 is 0 Å². The van der Waals surface area contributed by atoms with E-state index >= 15 is 0 Å². The second-order valence-corrected chi connectivity index (χ2v) is 6.92. The first-order chi connectivity index (χ1) is 12.0. The van der Waals surface area contributed by atoms with Gasteiger partial charge in [-0.15, -0.1) is 0 Å². The highest BCUT2D eigenvalue weighted by Crippen LogP contribution is 2.41. The molecule has 1 fully saturated rings. The first-order valence-electron chi connectivity index (χ1n) is 8.80. The zero-order chi connectivity index (χ0) is 18.4. The first kappa shape index (κ1) is 19.3. The quantitative estimate of drug-likeness (QED) is 0.509. The van der Waals surface area contributed by atoms with Gasteiger partial charge in [-0.1, -0.05) is 19.3 Å². The van der Waals surface area contributed by atoms with Crippen molar-refractivity contribution in [2.24, 2.45) is 17.6 Å². The molecule has 0 aromatic carbocycles. The fraction of sp³-hybridized carbons (Fsp3) is 0.611. The van der Waals surface area contributed by atoms with Crippen LogP contribution in [0.25, 0.3) is 0 Å². The van der Waals surface area contributed by atoms with Crippen LogP contribution in [-0.2, 0) is 9.53 Å². The summed E-state index contributed by atoms with van der Waals surface area (Å²) in [6.45, 7) is 4.25. The molecule has 0 aromatic rings. The predicted molar refractivity (Wildman–Crippen MR) is 100.0 cm³/mol. The number of hydrogen-bond donors (Lipinski definition) is 3. The Labute approximate surface area is 154 Å². The maximum Gasteiger partial charge on any atom is 0.336 e. The van der Waals surface area contributed by atoms with Crippen molar-refractivity contribution >= 4 is 23.3 Å². The van der Waals surface area contributed by atoms with E-state index in [-0.39, 0.29) is 22.9 Å². The number of nitrogens with two attached hydrogens (primary N) is 1. The largest absolute Gasteiger partial charge is 0.463 e. The lowest BCUT2D eigenvalue weighted by molar-refractivity contribution is -0.139. The maximum absolute atomic E-state index is 12.7. The number of nitriles is 1. The van der Waals surface area contributed by atoms with Crippen LogP contribution in [0, 0.1) is 23.2 Å². The van der Waals surface area contributed by atoms with Gasteiger partial charge in [0, 0.05) is 17.3 Å². The van der Waals surface area contributed by atoms with Gasteiger partial charge in [-0.25, -0.2) is 4.79 Å². The summed E-state index contributed by atoms with van der Waals surface area (Å²) >= 11 is 4.89. The molecule has 6 nitrogen and oxygen atoms in total. The summed E-state index contributed by atoms with van der Waals surface area (Å²) in [7, 11) is 0. The molecule has 25 heavy (non-hydrogen) atoms. The Kier molecular flexibility index (Phi) is 6.82. The lowest BCUT2D eigenvalue weighted by Crippen LogP contribution is -2.40. The molecular formula is C18H26N4O2S. The number of nitrogens with one attached hydrogen (secondary N) is 2. The average molecular weight is 362 g/mol. The van der Waals surface area contributed by atoms with Gasteiger partial charge in [0.15, 0.2) is 5.11 Å². The number of ether oxygens (including phenoxy) is 1. The van der Waals surface area contributed by atoms with Crippen molar-refractivity contribution in [3.8, 4) is 6.07 Å². The van der Waals surface area contributed by atoms with Gasteiger partial charge >= 0.3 is 5.97 Å². The zero-order valence-corrected chi connectivity index (χ0v) is 15.7. The molecule has 0 spiro atoms. The molecule has 2 aliphatic rings. The topological polar surface area (TPSA) is 100 Å². The summed E-state index contributed by atoms with van der Waals surface area (Å²) in [5.41, 5.74) is 8.20. The van der Waals surface area contributed by atoms with Crippen LogP contribution in [0.1, 0.15) is 46.0 Å². The van der Waals surface area contributed by atoms with Crippen molar-refractivity contribution in [3.05, 3.63) is 22.5 Å². The fourth-order valence-corrected chi connectivity index (χ4v) is 3.86. The Bertz CT molecular complexity index is 642. The van der Waals surface area contributed by atoms with Crippen LogP contribution < -0.4 is 16.4 Å². The van der Waals surface area contributed by atoms with Crippen molar-refractivity contribution in [2.45, 2.75) is 46.0 Å². The number of esters is 1. The molecule has 1 saturated carbocycles. The van der Waals surface area contributed by atoms with E-state index in [1.807, 2.05) is 6.92 Å². The third-order valence-electron chi connectivity index (χ3n) is 4.87. The number of carbonyl (C=O) groups excluding carboxylic acids is 1. The molecule has 0 amide bonds. The van der Waals surface area contributed by atoms with Gasteiger partial charge in [0.1, 0.15) is 0 Å². The second-order valence-electron chi connectivity index (χ2n) is 6.48. The minimum absolute atomic E-state index is 0.166. The number of dihydropyridines is 1. The predicted octanol–water partition coefficient (Wildman–Crippen LogP) is 2.23. The summed E-state index contributed by atoms with van der Waals surface area (Å²) in [6, 6.07) is 2.32. The summed E-state index contributed by atoms with van der Waals surface area (Å²) < 4.78 is 5.31. The van der Waals surface area contributed by atoms with Crippen molar-refractivity contribution in [1.82, 2.24) is 10.6 Å². The normalized spacial score (nSPS) is 21.4. The van der Waals surface area contributed by atoms with Gasteiger partial charge in [0.05, 0.1) is 30.4 Å². The SMILES string of the molecule is CCOC(=O)C1=C(CNC(N)=S)NC(C)=C(C#N)C1C1CCCCC1. The molecule has 2 rings (SSSR count). The van der Waals surface area contributed by atoms with E-state index in [1.165, 1.54) is 6.42 Å². The van der Waals surface area contributed by atoms with E-state index in [0.29, 0.717) is 30.0 Å². The number of thiocarbonyl (C=S) groups is 1. The van der Waals surface area contributed by atoms with Crippen LogP contribution in [0.15, 0.2) is 22.5 Å². The molecule has 1 unspecified atom stereocenters. The molecule has 4 N–H and O–H groups in total. The third-order valence-corrected chi connectivity index (χ3v) is 5.01. The maximum atomic E-state index is 12.7. The Morgan fingerprint density at radius 1 is 1.44 bits per heavy atom. The van der Waals surface area contributed by atoms with Crippen LogP contribution in [0.2, 0.25) is 0 Å². The summed E-state index contributed by atoms with van der Waals surface area (Å²) in [4.78, 5) is 12.7. The highest BCUT2D eigenvalue weighted by Gasteiger charge is 2.39. The zero-order valence-electron chi connectivity index (χ0n) is 14.9. The van der Waals surface area contributed by atoms with Gasteiger partial charge in [-0.05, 0) is 44.8 Å². The fourth-order valence-electron chi connectivity index (χ4n) is 3.79. The molecule has 0 radical (unpaired) electrons. The van der Waals surface area contributed by atoms with Crippen LogP contribution in [0.4, 0.5) is 0 Å². The number of hydrogen-bond acceptors (Lipinski definition) is 5. The van der Waals surface area contributed by atoms with Crippen molar-refractivity contribution in [3.63, 3.8) is 0 Å². The molecule has 0 bridgehead atoms. The van der Waals surface area contributed by atoms with Crippen molar-refractivity contribution in [1.29, 1.82) is 5.26 Å². The monoisotopic (exact) mass is 362 g/mol. The molecule has 7 heteroatoms. The average Bonchev–Trinajstić information content (AvgIpc) is 2.60. The second kappa shape index (κ2) is 8.86. The van der Waals surface area contributed by atoms with Crippen molar-refractivity contribution < 1.29 is 9.53 Å². The van der Waals surface area contributed by atoms with Crippen LogP contribution in [0.5, 0.6) is 0 Å². The molecular weight excluding hydrogens is 336 g/mol. The van der Waals surface area contributed by atoms with E-state index in [4.69, 9.17) is 22.7 Å². The van der Waals surface area contributed by atoms with E-state index in [2.05, 4.69) is 16.7 Å². The van der Waals surface area contributed by atoms with Crippen LogP contribution in [-0.4, -0.2) is 24.2 Å². The highest BCUT2D eigenvalue weighted by molar-refractivity contribution is 7.80. The third kappa shape index (κ3) is 4.51. The van der Waals surface area contributed by atoms with Gasteiger partial charge in [-0.2, -0.15) is 5.26 Å². The first-order valence-corrected chi connectivity index (χ1v) is 9.21. The lowest BCUT2D eigenvalue weighted by Gasteiger charge is -2.36. The summed E-state index contributed by atoms with van der Waals surface area (Å²) in [5, 5.41) is 16.0. The lowest BCUT2D eigenvalue weighted by atomic mass is 9.71.